The highest BCUT2D eigenvalue weighted by molar-refractivity contribution is 7.91. The lowest BCUT2D eigenvalue weighted by Gasteiger charge is -2.42. The normalized spacial score (nSPS) is 29.8. The second-order valence-electron chi connectivity index (χ2n) is 7.14. The topological polar surface area (TPSA) is 66.5 Å². The quantitative estimate of drug-likeness (QED) is 0.909. The van der Waals surface area contributed by atoms with E-state index < -0.39 is 9.84 Å². The number of sulfone groups is 1. The van der Waals surface area contributed by atoms with E-state index in [-0.39, 0.29) is 35.5 Å². The molecule has 0 bridgehead atoms. The lowest BCUT2D eigenvalue weighted by Crippen LogP contribution is -2.65. The lowest BCUT2D eigenvalue weighted by molar-refractivity contribution is -0.123. The number of aryl methyl sites for hydroxylation is 1. The molecule has 1 aromatic rings. The van der Waals surface area contributed by atoms with Crippen LogP contribution in [-0.4, -0.2) is 44.0 Å². The SMILES string of the molecule is Cc1ccc(N2C(=O)[C@H](CC(C)C)N[C@@H]3CS(=O)(=O)C[C@@H]32)cc1. The van der Waals surface area contributed by atoms with Crippen LogP contribution < -0.4 is 10.2 Å². The van der Waals surface area contributed by atoms with Crippen molar-refractivity contribution in [3.8, 4) is 0 Å². The molecule has 23 heavy (non-hydrogen) atoms. The summed E-state index contributed by atoms with van der Waals surface area (Å²) in [4.78, 5) is 14.7. The molecule has 1 amide bonds. The first kappa shape index (κ1) is 16.5. The van der Waals surface area contributed by atoms with Crippen molar-refractivity contribution in [2.75, 3.05) is 16.4 Å². The van der Waals surface area contributed by atoms with Gasteiger partial charge in [0.1, 0.15) is 0 Å². The van der Waals surface area contributed by atoms with Gasteiger partial charge in [0, 0.05) is 11.7 Å². The largest absolute Gasteiger partial charge is 0.305 e. The first-order chi connectivity index (χ1) is 10.8. The first-order valence-corrected chi connectivity index (χ1v) is 9.95. The summed E-state index contributed by atoms with van der Waals surface area (Å²) in [6, 6.07) is 6.94. The van der Waals surface area contributed by atoms with Crippen LogP contribution in [0.25, 0.3) is 0 Å². The Morgan fingerprint density at radius 3 is 2.48 bits per heavy atom. The van der Waals surface area contributed by atoms with Crippen LogP contribution in [0.4, 0.5) is 5.69 Å². The number of hydrogen-bond acceptors (Lipinski definition) is 4. The fourth-order valence-corrected chi connectivity index (χ4v) is 5.47. The number of carbonyl (C=O) groups excluding carboxylic acids is 1. The second kappa shape index (κ2) is 5.91. The Morgan fingerprint density at radius 2 is 1.87 bits per heavy atom. The van der Waals surface area contributed by atoms with Gasteiger partial charge in [-0.1, -0.05) is 31.5 Å². The van der Waals surface area contributed by atoms with E-state index in [4.69, 9.17) is 0 Å². The smallest absolute Gasteiger partial charge is 0.244 e. The van der Waals surface area contributed by atoms with Crippen LogP contribution in [0.5, 0.6) is 0 Å². The molecule has 6 heteroatoms. The highest BCUT2D eigenvalue weighted by Crippen LogP contribution is 2.30. The highest BCUT2D eigenvalue weighted by Gasteiger charge is 2.49. The molecule has 1 aromatic carbocycles. The Kier molecular flexibility index (Phi) is 4.23. The Bertz CT molecular complexity index is 697. The summed E-state index contributed by atoms with van der Waals surface area (Å²) in [5, 5.41) is 3.29. The zero-order valence-electron chi connectivity index (χ0n) is 13.8. The number of benzene rings is 1. The molecule has 2 aliphatic rings. The first-order valence-electron chi connectivity index (χ1n) is 8.13. The van der Waals surface area contributed by atoms with E-state index in [2.05, 4.69) is 19.2 Å². The van der Waals surface area contributed by atoms with Crippen molar-refractivity contribution >= 4 is 21.4 Å². The number of anilines is 1. The standard InChI is InChI=1S/C17H24N2O3S/c1-11(2)8-14-17(20)19(13-6-4-12(3)5-7-13)16-10-23(21,22)9-15(16)18-14/h4-7,11,14-16,18H,8-10H2,1-3H3/t14-,15+,16-/m0/s1. The van der Waals surface area contributed by atoms with Crippen molar-refractivity contribution in [2.24, 2.45) is 5.92 Å². The molecular formula is C17H24N2O3S. The van der Waals surface area contributed by atoms with Gasteiger partial charge in [0.05, 0.1) is 23.6 Å². The summed E-state index contributed by atoms with van der Waals surface area (Å²) in [5.74, 6) is 0.507. The molecular weight excluding hydrogens is 312 g/mol. The number of fused-ring (bicyclic) bond motifs is 1. The fraction of sp³-hybridized carbons (Fsp3) is 0.588. The van der Waals surface area contributed by atoms with Gasteiger partial charge in [-0.3, -0.25) is 10.1 Å². The summed E-state index contributed by atoms with van der Waals surface area (Å²) in [6.07, 6.45) is 0.713. The van der Waals surface area contributed by atoms with Gasteiger partial charge in [-0.2, -0.15) is 0 Å². The highest BCUT2D eigenvalue weighted by atomic mass is 32.2. The van der Waals surface area contributed by atoms with Gasteiger partial charge in [-0.05, 0) is 31.4 Å². The molecule has 0 radical (unpaired) electrons. The maximum absolute atomic E-state index is 13.0. The Balaban J connectivity index is 1.98. The van der Waals surface area contributed by atoms with Crippen LogP contribution >= 0.6 is 0 Å². The molecule has 0 aromatic heterocycles. The number of piperazine rings is 1. The Hall–Kier alpha value is -1.40. The number of hydrogen-bond donors (Lipinski definition) is 1. The van der Waals surface area contributed by atoms with Crippen LogP contribution in [0.3, 0.4) is 0 Å². The van der Waals surface area contributed by atoms with Gasteiger partial charge >= 0.3 is 0 Å². The molecule has 2 heterocycles. The van der Waals surface area contributed by atoms with Crippen LogP contribution in [0, 0.1) is 12.8 Å². The van der Waals surface area contributed by atoms with Gasteiger partial charge < -0.3 is 4.90 Å². The van der Waals surface area contributed by atoms with Crippen molar-refractivity contribution in [3.63, 3.8) is 0 Å². The molecule has 2 fully saturated rings. The third-order valence-corrected chi connectivity index (χ3v) is 6.34. The molecule has 5 nitrogen and oxygen atoms in total. The average Bonchev–Trinajstić information content (AvgIpc) is 2.74. The van der Waals surface area contributed by atoms with Crippen LogP contribution in [0.2, 0.25) is 0 Å². The third-order valence-electron chi connectivity index (χ3n) is 4.62. The van der Waals surface area contributed by atoms with Gasteiger partial charge in [-0.15, -0.1) is 0 Å². The molecule has 0 aliphatic carbocycles. The maximum Gasteiger partial charge on any atom is 0.244 e. The second-order valence-corrected chi connectivity index (χ2v) is 9.30. The molecule has 1 N–H and O–H groups in total. The molecule has 2 aliphatic heterocycles. The zero-order chi connectivity index (χ0) is 16.8. The molecule has 0 saturated carbocycles. The van der Waals surface area contributed by atoms with Crippen molar-refractivity contribution in [3.05, 3.63) is 29.8 Å². The monoisotopic (exact) mass is 336 g/mol. The van der Waals surface area contributed by atoms with Crippen molar-refractivity contribution in [1.29, 1.82) is 0 Å². The van der Waals surface area contributed by atoms with Crippen LogP contribution in [0.1, 0.15) is 25.8 Å². The number of nitrogens with zero attached hydrogens (tertiary/aromatic N) is 1. The number of rotatable bonds is 3. The van der Waals surface area contributed by atoms with Gasteiger partial charge in [0.25, 0.3) is 0 Å². The van der Waals surface area contributed by atoms with E-state index in [1.807, 2.05) is 31.2 Å². The number of amides is 1. The van der Waals surface area contributed by atoms with Crippen LogP contribution in [0.15, 0.2) is 24.3 Å². The summed E-state index contributed by atoms with van der Waals surface area (Å²) in [5.41, 5.74) is 1.91. The average molecular weight is 336 g/mol. The van der Waals surface area contributed by atoms with E-state index in [1.165, 1.54) is 0 Å². The minimum atomic E-state index is -3.11. The predicted octanol–water partition coefficient (Wildman–Crippen LogP) is 1.51. The van der Waals surface area contributed by atoms with E-state index in [9.17, 15) is 13.2 Å². The molecule has 0 spiro atoms. The maximum atomic E-state index is 13.0. The molecule has 3 atom stereocenters. The zero-order valence-corrected chi connectivity index (χ0v) is 14.6. The van der Waals surface area contributed by atoms with Crippen molar-refractivity contribution in [1.82, 2.24) is 5.32 Å². The summed E-state index contributed by atoms with van der Waals surface area (Å²) >= 11 is 0. The van der Waals surface area contributed by atoms with Crippen molar-refractivity contribution < 1.29 is 13.2 Å². The van der Waals surface area contributed by atoms with Crippen LogP contribution in [-0.2, 0) is 14.6 Å². The minimum Gasteiger partial charge on any atom is -0.305 e. The molecule has 3 rings (SSSR count). The fourth-order valence-electron chi connectivity index (χ4n) is 3.57. The third kappa shape index (κ3) is 3.28. The molecule has 0 unspecified atom stereocenters. The predicted molar refractivity (Wildman–Crippen MR) is 91.3 cm³/mol. The molecule has 2 saturated heterocycles. The van der Waals surface area contributed by atoms with Gasteiger partial charge in [-0.25, -0.2) is 8.42 Å². The molecule has 126 valence electrons. The van der Waals surface area contributed by atoms with E-state index >= 15 is 0 Å². The Labute approximate surface area is 138 Å². The minimum absolute atomic E-state index is 0.0131. The Morgan fingerprint density at radius 1 is 1.22 bits per heavy atom. The lowest BCUT2D eigenvalue weighted by atomic mass is 9.95. The summed E-state index contributed by atoms with van der Waals surface area (Å²) < 4.78 is 24.2. The van der Waals surface area contributed by atoms with E-state index in [0.717, 1.165) is 11.3 Å². The summed E-state index contributed by atoms with van der Waals surface area (Å²) in [6.45, 7) is 6.14. The van der Waals surface area contributed by atoms with Gasteiger partial charge in [0.2, 0.25) is 5.91 Å². The van der Waals surface area contributed by atoms with E-state index in [0.29, 0.717) is 12.3 Å². The van der Waals surface area contributed by atoms with Crippen molar-refractivity contribution in [2.45, 2.75) is 45.3 Å². The van der Waals surface area contributed by atoms with E-state index in [1.54, 1.807) is 4.90 Å². The summed E-state index contributed by atoms with van der Waals surface area (Å²) in [7, 11) is -3.11. The number of nitrogens with one attached hydrogen (secondary N) is 1. The van der Waals surface area contributed by atoms with Gasteiger partial charge in [0.15, 0.2) is 9.84 Å². The number of carbonyl (C=O) groups is 1.